The Morgan fingerprint density at radius 3 is 0.680 bits per heavy atom. The zero-order valence-corrected chi connectivity index (χ0v) is 15.3. The van der Waals surface area contributed by atoms with Crippen molar-refractivity contribution in [2.45, 2.75) is 11.0 Å². The van der Waals surface area contributed by atoms with Gasteiger partial charge in [0, 0.05) is 0 Å². The number of carbonyl (C=O) groups excluding carboxylic acids is 5. The van der Waals surface area contributed by atoms with Gasteiger partial charge >= 0.3 is 85.3 Å². The molecule has 0 saturated heterocycles. The third-order valence-electron chi connectivity index (χ3n) is 0.746. The average molecular weight is 512 g/mol. The standard InChI is InChI=1S/2CF3O2S.5CH2O.Mo/c2*2-1(3,4)7(5)6;5*1-2;/h;;5*1H2;. The minimum absolute atomic E-state index is 2.00. The van der Waals surface area contributed by atoms with E-state index in [0.717, 1.165) is 0 Å². The Morgan fingerprint density at radius 2 is 0.600 bits per heavy atom. The molecule has 0 bridgehead atoms. The molecule has 0 unspecified atom stereocenters. The van der Waals surface area contributed by atoms with E-state index in [1.807, 2.05) is 33.9 Å². The van der Waals surface area contributed by atoms with Crippen LogP contribution in [0.2, 0.25) is 0 Å². The molecule has 0 heterocycles. The van der Waals surface area contributed by atoms with Gasteiger partial charge in [0.15, 0.2) is 0 Å². The molecule has 0 radical (unpaired) electrons. The maximum atomic E-state index is 11.6. The summed E-state index contributed by atoms with van der Waals surface area (Å²) >= 11 is -4.36. The Bertz CT molecular complexity index is 462. The third kappa shape index (κ3) is 18.7. The molecule has 0 N–H and O–H groups in total. The number of alkyl halides is 6. The monoisotopic (exact) mass is 514 g/mol. The van der Waals surface area contributed by atoms with Crippen LogP contribution in [-0.2, 0) is 55.1 Å². The molecule has 0 aromatic carbocycles. The second-order valence-electron chi connectivity index (χ2n) is 1.87. The summed E-state index contributed by atoms with van der Waals surface area (Å²) in [6, 6.07) is 0. The van der Waals surface area contributed by atoms with Gasteiger partial charge in [-0.3, -0.25) is 0 Å². The van der Waals surface area contributed by atoms with Crippen LogP contribution in [0.15, 0.2) is 0 Å². The molecular formula is C7H10F6MoO9S2. The first-order chi connectivity index (χ1) is 11.2. The summed E-state index contributed by atoms with van der Waals surface area (Å²) in [7, 11) is -12.4. The van der Waals surface area contributed by atoms with Gasteiger partial charge in [-0.1, -0.05) is 0 Å². The summed E-state index contributed by atoms with van der Waals surface area (Å²) in [4.78, 5) is 40.0. The van der Waals surface area contributed by atoms with Gasteiger partial charge in [0.1, 0.15) is 33.9 Å². The van der Waals surface area contributed by atoms with E-state index >= 15 is 0 Å². The third-order valence-corrected chi connectivity index (χ3v) is 14.0. The van der Waals surface area contributed by atoms with Gasteiger partial charge in [-0.2, -0.15) is 0 Å². The molecule has 0 aliphatic carbocycles. The summed E-state index contributed by atoms with van der Waals surface area (Å²) in [5.41, 5.74) is -12.0. The quantitative estimate of drug-likeness (QED) is 0.363. The topological polar surface area (TPSA) is 154 Å². The fraction of sp³-hybridized carbons (Fsp3) is 0.286. The van der Waals surface area contributed by atoms with Crippen molar-refractivity contribution < 1.29 is 83.2 Å². The van der Waals surface area contributed by atoms with Gasteiger partial charge in [0.25, 0.3) is 0 Å². The van der Waals surface area contributed by atoms with E-state index < -0.39 is 42.1 Å². The molecule has 0 saturated carbocycles. The van der Waals surface area contributed by atoms with Crippen molar-refractivity contribution in [3.8, 4) is 0 Å². The maximum absolute atomic E-state index is 11.6. The Kier molecular flexibility index (Phi) is 29.3. The van der Waals surface area contributed by atoms with Crippen LogP contribution < -0.4 is 0 Å². The molecule has 0 rings (SSSR count). The summed E-state index contributed by atoms with van der Waals surface area (Å²) < 4.78 is 110. The van der Waals surface area contributed by atoms with E-state index in [2.05, 4.69) is 0 Å². The average Bonchev–Trinajstić information content (AvgIpc) is 2.54. The predicted molar refractivity (Wildman–Crippen MR) is 65.6 cm³/mol. The number of rotatable bonds is 2. The normalized spacial score (nSPS) is 10.0. The molecule has 0 aromatic heterocycles. The van der Waals surface area contributed by atoms with Gasteiger partial charge in [-0.15, -0.1) is 0 Å². The number of carbonyl (C=O) groups is 5. The molecular weight excluding hydrogens is 502 g/mol. The van der Waals surface area contributed by atoms with Gasteiger partial charge in [0.2, 0.25) is 0 Å². The molecule has 0 spiro atoms. The molecule has 9 nitrogen and oxygen atoms in total. The van der Waals surface area contributed by atoms with Crippen molar-refractivity contribution in [2.24, 2.45) is 0 Å². The van der Waals surface area contributed by atoms with Crippen molar-refractivity contribution in [2.75, 3.05) is 0 Å². The minimum atomic E-state index is -6.22. The summed E-state index contributed by atoms with van der Waals surface area (Å²) in [5.74, 6) is 0. The molecule has 0 aliphatic heterocycles. The molecule has 0 amide bonds. The van der Waals surface area contributed by atoms with Gasteiger partial charge < -0.3 is 24.0 Å². The molecule has 0 aromatic rings. The summed E-state index contributed by atoms with van der Waals surface area (Å²) in [6.45, 7) is 10.0. The van der Waals surface area contributed by atoms with E-state index in [9.17, 15) is 43.2 Å². The van der Waals surface area contributed by atoms with Crippen molar-refractivity contribution in [3.05, 3.63) is 0 Å². The van der Waals surface area contributed by atoms with Gasteiger partial charge in [0.05, 0.1) is 0 Å². The van der Waals surface area contributed by atoms with Crippen LogP contribution in [0.4, 0.5) is 26.3 Å². The first kappa shape index (κ1) is 38.9. The fourth-order valence-electron chi connectivity index (χ4n) is 0.195. The van der Waals surface area contributed by atoms with E-state index in [-0.39, 0.29) is 0 Å². The Hall–Kier alpha value is -1.48. The summed E-state index contributed by atoms with van der Waals surface area (Å²) in [5, 5.41) is 0. The number of hydrogen-bond donors (Lipinski definition) is 0. The molecule has 0 fully saturated rings. The molecule has 0 atom stereocenters. The van der Waals surface area contributed by atoms with Crippen molar-refractivity contribution in [1.29, 1.82) is 0 Å². The molecule has 25 heavy (non-hydrogen) atoms. The first-order valence-electron chi connectivity index (χ1n) is 3.99. The predicted octanol–water partition coefficient (Wildman–Crippen LogP) is -0.156. The Labute approximate surface area is 143 Å². The zero-order valence-electron chi connectivity index (χ0n) is 11.7. The van der Waals surface area contributed by atoms with Crippen molar-refractivity contribution in [1.82, 2.24) is 0 Å². The SMILES string of the molecule is C=O.C=O.C=O.C=O.C=O.O=[S](=O)([Mo][S](=O)(=O)C(F)(F)F)C(F)(F)F. The van der Waals surface area contributed by atoms with E-state index in [1.165, 1.54) is 0 Å². The Morgan fingerprint density at radius 1 is 0.480 bits per heavy atom. The van der Waals surface area contributed by atoms with Crippen LogP contribution in [-0.4, -0.2) is 61.8 Å². The van der Waals surface area contributed by atoms with Gasteiger partial charge in [-0.25, -0.2) is 0 Å². The molecule has 0 aliphatic rings. The van der Waals surface area contributed by atoms with E-state index in [4.69, 9.17) is 24.0 Å². The Balaban J connectivity index is -0.0000000768. The van der Waals surface area contributed by atoms with Crippen LogP contribution in [0.25, 0.3) is 0 Å². The van der Waals surface area contributed by atoms with E-state index in [1.54, 1.807) is 0 Å². The number of halogens is 6. The van der Waals surface area contributed by atoms with Crippen molar-refractivity contribution in [3.63, 3.8) is 0 Å². The van der Waals surface area contributed by atoms with Crippen LogP contribution >= 0.6 is 0 Å². The summed E-state index contributed by atoms with van der Waals surface area (Å²) in [6.07, 6.45) is 0. The fourth-order valence-corrected chi connectivity index (χ4v) is 10.4. The van der Waals surface area contributed by atoms with E-state index in [0.29, 0.717) is 0 Å². The van der Waals surface area contributed by atoms with Gasteiger partial charge in [-0.05, 0) is 0 Å². The van der Waals surface area contributed by atoms with Crippen LogP contribution in [0.3, 0.4) is 0 Å². The van der Waals surface area contributed by atoms with Crippen LogP contribution in [0.1, 0.15) is 0 Å². The van der Waals surface area contributed by atoms with Crippen LogP contribution in [0.5, 0.6) is 0 Å². The van der Waals surface area contributed by atoms with Crippen molar-refractivity contribution >= 4 is 49.0 Å². The first-order valence-corrected chi connectivity index (χ1v) is 11.7. The zero-order chi connectivity index (χ0) is 22.7. The number of hydrogen-bond acceptors (Lipinski definition) is 9. The second-order valence-corrected chi connectivity index (χ2v) is 14.6. The molecule has 18 heteroatoms. The molecule has 152 valence electrons. The van der Waals surface area contributed by atoms with Crippen LogP contribution in [0, 0.1) is 0 Å². The second kappa shape index (κ2) is 18.9.